The number of nitrogens with zero attached hydrogens (tertiary/aromatic N) is 10. The van der Waals surface area contributed by atoms with Gasteiger partial charge in [-0.25, -0.2) is 19.7 Å². The van der Waals surface area contributed by atoms with Gasteiger partial charge in [0.2, 0.25) is 11.8 Å². The van der Waals surface area contributed by atoms with E-state index in [9.17, 15) is 56.9 Å². The Hall–Kier alpha value is -10.7. The van der Waals surface area contributed by atoms with Crippen LogP contribution in [-0.4, -0.2) is 178 Å². The number of halogens is 3. The van der Waals surface area contributed by atoms with E-state index in [1.807, 2.05) is 123 Å². The van der Waals surface area contributed by atoms with E-state index in [1.165, 1.54) is 15.5 Å². The minimum atomic E-state index is -4.74. The summed E-state index contributed by atoms with van der Waals surface area (Å²) >= 11 is 1.56. The number of aliphatic hydroxyl groups excluding tert-OH is 1. The highest BCUT2D eigenvalue weighted by atomic mass is 32.1. The smallest absolute Gasteiger partial charge is 0.391 e. The zero-order chi connectivity index (χ0) is 86.0. The minimum absolute atomic E-state index is 0.0487. The Bertz CT molecular complexity index is 5170. The number of unbranched alkanes of at least 4 members (excludes halogenated alkanes) is 4. The minimum Gasteiger partial charge on any atom is -0.391 e. The van der Waals surface area contributed by atoms with Crippen LogP contribution in [0.1, 0.15) is 197 Å². The van der Waals surface area contributed by atoms with Crippen LogP contribution in [0, 0.1) is 25.2 Å². The van der Waals surface area contributed by atoms with E-state index in [1.54, 1.807) is 79.7 Å². The molecule has 9 aromatic rings. The third-order valence-electron chi connectivity index (χ3n) is 23.1. The van der Waals surface area contributed by atoms with Gasteiger partial charge in [0.15, 0.2) is 5.82 Å². The molecule has 0 bridgehead atoms. The largest absolute Gasteiger partial charge is 0.433 e. The van der Waals surface area contributed by atoms with Crippen LogP contribution in [0.2, 0.25) is 0 Å². The normalized spacial score (nSPS) is 17.1. The third kappa shape index (κ3) is 22.5. The number of pyridine rings is 1. The standard InChI is InChI=1S/C91H113F3N16O9S/c1-57-69(20-18-21-71(57)101-81(112)62-30-34-65(35-31-62)88(3,4)5)75-55-105(11)86(117)80(100-75)98-66-36-32-63(33-37-66)84(115)107-46-44-106(45-47-107)41-15-12-13-16-42-108(87(118)103-79(89(6,7)8)85(116)109-54-68(111)49-76(109)83(114)96-52-60-24-28-61(29-25-60)78-58(2)97-56-120-78)43-17-14-40-95-51-59-26-38-67(39-27-59)110-53-64-48-74(70(90(9,10)119)50-73(64)104-110)102-82(113)72-22-19-23-77(99-72)91(92,93)94/h18-25,28-37,48,50,53,55-56,59,67-68,76,79,95,111,119H,12-17,26-27,38-47,49,51-52,54H2,1-11H3,(H,96,114)(H,98,100)(H,101,112)(H,102,113)(H,103,118)/t59-,67-,68-,76+,79-/m1/s1. The number of piperazine rings is 1. The summed E-state index contributed by atoms with van der Waals surface area (Å²) < 4.78 is 43.8. The molecule has 3 fully saturated rings. The molecule has 29 heteroatoms. The number of likely N-dealkylation sites (tertiary alicyclic amines) is 1. The summed E-state index contributed by atoms with van der Waals surface area (Å²) in [4.78, 5) is 119. The number of alkyl halides is 3. The summed E-state index contributed by atoms with van der Waals surface area (Å²) in [5, 5.41) is 46.5. The van der Waals surface area contributed by atoms with Crippen molar-refractivity contribution < 1.29 is 52.2 Å². The number of urea groups is 1. The molecule has 2 saturated heterocycles. The molecular formula is C91H113F3N16O9S. The first-order valence-corrected chi connectivity index (χ1v) is 42.5. The molecule has 12 rings (SSSR count). The molecule has 7 amide bonds. The van der Waals surface area contributed by atoms with Gasteiger partial charge in [0.25, 0.3) is 23.3 Å². The van der Waals surface area contributed by atoms with Crippen molar-refractivity contribution in [2.45, 2.75) is 188 Å². The Kier molecular flexibility index (Phi) is 28.3. The Morgan fingerprint density at radius 1 is 0.725 bits per heavy atom. The van der Waals surface area contributed by atoms with Gasteiger partial charge in [-0.1, -0.05) is 109 Å². The lowest BCUT2D eigenvalue weighted by Crippen LogP contribution is -2.59. The molecule has 1 aliphatic carbocycles. The van der Waals surface area contributed by atoms with Crippen LogP contribution in [-0.2, 0) is 40.4 Å². The van der Waals surface area contributed by atoms with Crippen molar-refractivity contribution in [3.63, 3.8) is 0 Å². The van der Waals surface area contributed by atoms with Crippen molar-refractivity contribution in [3.8, 4) is 21.7 Å². The molecule has 5 aromatic carbocycles. The summed E-state index contributed by atoms with van der Waals surface area (Å²) in [6.45, 7) is 25.0. The molecule has 0 radical (unpaired) electrons. The lowest BCUT2D eigenvalue weighted by atomic mass is 9.85. The topological polar surface area (TPSA) is 307 Å². The summed E-state index contributed by atoms with van der Waals surface area (Å²) in [6, 6.07) is 32.3. The highest BCUT2D eigenvalue weighted by molar-refractivity contribution is 7.13. The molecule has 8 N–H and O–H groups in total. The van der Waals surface area contributed by atoms with Crippen LogP contribution in [0.4, 0.5) is 40.8 Å². The molecule has 6 heterocycles. The number of aromatic nitrogens is 6. The first kappa shape index (κ1) is 88.6. The zero-order valence-corrected chi connectivity index (χ0v) is 71.3. The first-order valence-electron chi connectivity index (χ1n) is 41.6. The van der Waals surface area contributed by atoms with Crippen LogP contribution < -0.4 is 37.5 Å². The van der Waals surface area contributed by atoms with E-state index < -0.39 is 64.5 Å². The number of carbonyl (C=O) groups is 6. The van der Waals surface area contributed by atoms with Gasteiger partial charge in [0.05, 0.1) is 45.0 Å². The maximum Gasteiger partial charge on any atom is 0.433 e. The second kappa shape index (κ2) is 38.3. The van der Waals surface area contributed by atoms with E-state index in [0.29, 0.717) is 96.3 Å². The zero-order valence-electron chi connectivity index (χ0n) is 70.5. The van der Waals surface area contributed by atoms with Crippen molar-refractivity contribution in [2.75, 3.05) is 81.4 Å². The summed E-state index contributed by atoms with van der Waals surface area (Å²) in [7, 11) is 1.66. The van der Waals surface area contributed by atoms with Gasteiger partial charge >= 0.3 is 12.2 Å². The number of rotatable bonds is 30. The van der Waals surface area contributed by atoms with Crippen LogP contribution in [0.15, 0.2) is 144 Å². The quantitative estimate of drug-likeness (QED) is 0.0194. The molecule has 3 aliphatic rings. The number of aliphatic hydroxyl groups is 2. The SMILES string of the molecule is Cc1ncsc1-c1ccc(CNC(=O)[C@@H]2C[C@@H](O)CN2C(=O)[C@@H](NC(=O)N(CCCCCCN2CCN(C(=O)c3ccc(Nc4nc(-c5cccc(NC(=O)c6ccc(C(C)(C)C)cc6)c5C)cn(C)c4=O)cc3)CC2)CCCCNC[C@H]2CC[C@H](n3cc4cc(NC(=O)c5cccc(C(F)(F)F)n5)c(C(C)(C)O)cc4n3)CC2)C(C)(C)C)cc1. The summed E-state index contributed by atoms with van der Waals surface area (Å²) in [6.07, 6.45) is 6.43. The van der Waals surface area contributed by atoms with Crippen molar-refractivity contribution >= 4 is 80.7 Å². The number of nitrogens with one attached hydrogen (secondary N) is 6. The van der Waals surface area contributed by atoms with Crippen LogP contribution in [0.5, 0.6) is 0 Å². The fraction of sp³-hybridized carbons (Fsp3) is 0.462. The van der Waals surface area contributed by atoms with Crippen molar-refractivity contribution in [2.24, 2.45) is 18.4 Å². The Morgan fingerprint density at radius 3 is 2.07 bits per heavy atom. The van der Waals surface area contributed by atoms with Gasteiger partial charge < -0.3 is 61.4 Å². The number of hydrogen-bond acceptors (Lipinski definition) is 17. The van der Waals surface area contributed by atoms with Crippen molar-refractivity contribution in [1.82, 2.24) is 64.8 Å². The fourth-order valence-electron chi connectivity index (χ4n) is 15.9. The highest BCUT2D eigenvalue weighted by Gasteiger charge is 2.45. The van der Waals surface area contributed by atoms with Gasteiger partial charge in [0, 0.05) is 123 Å². The molecule has 638 valence electrons. The number of anilines is 4. The van der Waals surface area contributed by atoms with Gasteiger partial charge in [-0.15, -0.1) is 11.3 Å². The van der Waals surface area contributed by atoms with Gasteiger partial charge in [-0.05, 0) is 204 Å². The average molecular weight is 1660 g/mol. The van der Waals surface area contributed by atoms with Crippen LogP contribution in [0.3, 0.4) is 0 Å². The maximum atomic E-state index is 14.9. The Balaban J connectivity index is 0.617. The van der Waals surface area contributed by atoms with Crippen LogP contribution in [0.25, 0.3) is 32.6 Å². The predicted molar refractivity (Wildman–Crippen MR) is 462 cm³/mol. The lowest BCUT2D eigenvalue weighted by Gasteiger charge is -2.36. The monoisotopic (exact) mass is 1660 g/mol. The van der Waals surface area contributed by atoms with Gasteiger partial charge in [-0.3, -0.25) is 38.3 Å². The lowest BCUT2D eigenvalue weighted by molar-refractivity contribution is -0.142. The predicted octanol–water partition coefficient (Wildman–Crippen LogP) is 14.5. The van der Waals surface area contributed by atoms with E-state index in [2.05, 4.69) is 67.5 Å². The molecule has 0 unspecified atom stereocenters. The number of amides is 7. The number of hydrogen-bond donors (Lipinski definition) is 8. The molecule has 0 spiro atoms. The summed E-state index contributed by atoms with van der Waals surface area (Å²) in [5.74, 6) is -1.49. The van der Waals surface area contributed by atoms with Gasteiger partial charge in [0.1, 0.15) is 23.5 Å². The van der Waals surface area contributed by atoms with E-state index >= 15 is 0 Å². The maximum absolute atomic E-state index is 14.9. The number of aryl methyl sites for hydroxylation is 2. The number of fused-ring (bicyclic) bond motifs is 1. The molecular weight excluding hydrogens is 1550 g/mol. The number of β-amino-alcohol motifs (C(OH)–C–C–N with tert-alkyl or cyclic N) is 1. The summed E-state index contributed by atoms with van der Waals surface area (Å²) in [5.41, 5.74) is 7.05. The number of benzene rings is 5. The highest BCUT2D eigenvalue weighted by Crippen LogP contribution is 2.38. The molecule has 1 saturated carbocycles. The molecule has 25 nitrogen and oxygen atoms in total. The number of thiazole rings is 1. The second-order valence-corrected chi connectivity index (χ2v) is 35.6. The number of carbonyl (C=O) groups excluding carboxylic acids is 6. The molecule has 4 aromatic heterocycles. The Labute approximate surface area is 703 Å². The first-order chi connectivity index (χ1) is 57.0. The second-order valence-electron chi connectivity index (χ2n) is 34.8. The molecule has 120 heavy (non-hydrogen) atoms. The van der Waals surface area contributed by atoms with Crippen molar-refractivity contribution in [1.29, 1.82) is 0 Å². The van der Waals surface area contributed by atoms with E-state index in [-0.39, 0.29) is 65.9 Å². The third-order valence-corrected chi connectivity index (χ3v) is 24.1. The molecule has 2 aliphatic heterocycles. The van der Waals surface area contributed by atoms with Crippen molar-refractivity contribution in [3.05, 3.63) is 200 Å². The molecule has 3 atom stereocenters. The van der Waals surface area contributed by atoms with Crippen LogP contribution >= 0.6 is 11.3 Å². The van der Waals surface area contributed by atoms with E-state index in [0.717, 1.165) is 128 Å². The average Bonchev–Trinajstić information content (AvgIpc) is 1.59. The fourth-order valence-corrected chi connectivity index (χ4v) is 16.8. The van der Waals surface area contributed by atoms with E-state index in [4.69, 9.17) is 10.1 Å². The van der Waals surface area contributed by atoms with Gasteiger partial charge in [-0.2, -0.15) is 18.3 Å². The Morgan fingerprint density at radius 2 is 1.40 bits per heavy atom.